The van der Waals surface area contributed by atoms with Gasteiger partial charge in [-0.25, -0.2) is 0 Å². The average Bonchev–Trinajstić information content (AvgIpc) is 2.19. The molecule has 1 fully saturated rings. The normalized spacial score (nSPS) is 30.4. The molecule has 0 bridgehead atoms. The Morgan fingerprint density at radius 2 is 2.06 bits per heavy atom. The van der Waals surface area contributed by atoms with Crippen LogP contribution >= 0.6 is 0 Å². The number of nitrogens with one attached hydrogen (secondary N) is 1. The highest BCUT2D eigenvalue weighted by Gasteiger charge is 2.32. The Bertz CT molecular complexity index is 212. The maximum Gasteiger partial charge on any atom is 0.0670 e. The summed E-state index contributed by atoms with van der Waals surface area (Å²) >= 11 is 0. The molecule has 3 nitrogen and oxygen atoms in total. The fourth-order valence-electron chi connectivity index (χ4n) is 2.16. The van der Waals surface area contributed by atoms with Crippen molar-refractivity contribution < 1.29 is 4.74 Å². The van der Waals surface area contributed by atoms with E-state index < -0.39 is 0 Å². The van der Waals surface area contributed by atoms with Gasteiger partial charge in [-0.3, -0.25) is 4.90 Å². The van der Waals surface area contributed by atoms with Crippen molar-refractivity contribution in [3.05, 3.63) is 0 Å². The topological polar surface area (TPSA) is 24.5 Å². The third-order valence-corrected chi connectivity index (χ3v) is 3.64. The molecule has 0 aromatic rings. The van der Waals surface area contributed by atoms with Gasteiger partial charge in [0.2, 0.25) is 0 Å². The molecule has 1 aliphatic heterocycles. The number of nitrogens with zero attached hydrogens (tertiary/aromatic N) is 1. The summed E-state index contributed by atoms with van der Waals surface area (Å²) in [5.74, 6) is 0. The lowest BCUT2D eigenvalue weighted by Gasteiger charge is -2.44. The molecular formula is C13H28N2O. The van der Waals surface area contributed by atoms with Crippen LogP contribution in [-0.2, 0) is 4.74 Å². The van der Waals surface area contributed by atoms with Crippen LogP contribution in [0.1, 0.15) is 34.6 Å². The minimum atomic E-state index is 0.321. The zero-order chi connectivity index (χ0) is 12.3. The molecule has 0 saturated carbocycles. The number of rotatable bonds is 3. The van der Waals surface area contributed by atoms with Crippen molar-refractivity contribution in [1.82, 2.24) is 10.2 Å². The molecule has 96 valence electrons. The van der Waals surface area contributed by atoms with Crippen molar-refractivity contribution in [2.75, 3.05) is 26.7 Å². The first-order chi connectivity index (χ1) is 7.34. The smallest absolute Gasteiger partial charge is 0.0670 e. The molecular weight excluding hydrogens is 200 g/mol. The standard InChI is InChI=1S/C13H28N2O/c1-10-7-14-12(13(3,4)5)9-15(10)8-11(2)16-6/h10-12,14H,7-9H2,1-6H3. The quantitative estimate of drug-likeness (QED) is 0.796. The van der Waals surface area contributed by atoms with Crippen LogP contribution in [0, 0.1) is 5.41 Å². The number of piperazine rings is 1. The molecule has 1 heterocycles. The molecule has 0 radical (unpaired) electrons. The van der Waals surface area contributed by atoms with Crippen molar-refractivity contribution in [3.63, 3.8) is 0 Å². The van der Waals surface area contributed by atoms with Crippen LogP contribution in [-0.4, -0.2) is 49.8 Å². The van der Waals surface area contributed by atoms with Gasteiger partial charge in [0.25, 0.3) is 0 Å². The summed E-state index contributed by atoms with van der Waals surface area (Å²) in [5.41, 5.74) is 0.328. The average molecular weight is 228 g/mol. The monoisotopic (exact) mass is 228 g/mol. The molecule has 0 aromatic heterocycles. The summed E-state index contributed by atoms with van der Waals surface area (Å²) in [4.78, 5) is 2.54. The van der Waals surface area contributed by atoms with E-state index in [2.05, 4.69) is 44.8 Å². The fourth-order valence-corrected chi connectivity index (χ4v) is 2.16. The van der Waals surface area contributed by atoms with E-state index in [1.54, 1.807) is 7.11 Å². The Morgan fingerprint density at radius 3 is 2.56 bits per heavy atom. The first-order valence-corrected chi connectivity index (χ1v) is 6.34. The lowest BCUT2D eigenvalue weighted by molar-refractivity contribution is 0.0308. The molecule has 0 spiro atoms. The minimum Gasteiger partial charge on any atom is -0.380 e. The molecule has 3 heteroatoms. The van der Waals surface area contributed by atoms with Gasteiger partial charge >= 0.3 is 0 Å². The Labute approximate surface area is 101 Å². The van der Waals surface area contributed by atoms with Crippen molar-refractivity contribution >= 4 is 0 Å². The first-order valence-electron chi connectivity index (χ1n) is 6.34. The summed E-state index contributed by atoms with van der Waals surface area (Å²) < 4.78 is 5.36. The Hall–Kier alpha value is -0.120. The van der Waals surface area contributed by atoms with E-state index >= 15 is 0 Å². The summed E-state index contributed by atoms with van der Waals surface area (Å²) in [6, 6.07) is 1.18. The van der Waals surface area contributed by atoms with Crippen LogP contribution < -0.4 is 5.32 Å². The number of hydrogen-bond donors (Lipinski definition) is 1. The first kappa shape index (κ1) is 13.9. The van der Waals surface area contributed by atoms with E-state index in [1.165, 1.54) is 0 Å². The van der Waals surface area contributed by atoms with Crippen LogP contribution in [0.2, 0.25) is 0 Å². The van der Waals surface area contributed by atoms with Gasteiger partial charge in [-0.05, 0) is 19.3 Å². The summed E-state index contributed by atoms with van der Waals surface area (Å²) in [6.45, 7) is 14.6. The number of hydrogen-bond acceptors (Lipinski definition) is 3. The zero-order valence-corrected chi connectivity index (χ0v) is 11.7. The van der Waals surface area contributed by atoms with E-state index in [9.17, 15) is 0 Å². The fraction of sp³-hybridized carbons (Fsp3) is 1.00. The van der Waals surface area contributed by atoms with E-state index in [0.717, 1.165) is 19.6 Å². The van der Waals surface area contributed by atoms with Crippen LogP contribution in [0.3, 0.4) is 0 Å². The Morgan fingerprint density at radius 1 is 1.44 bits per heavy atom. The van der Waals surface area contributed by atoms with E-state index in [4.69, 9.17) is 4.74 Å². The van der Waals surface area contributed by atoms with Gasteiger partial charge in [0.1, 0.15) is 0 Å². The molecule has 16 heavy (non-hydrogen) atoms. The van der Waals surface area contributed by atoms with Gasteiger partial charge in [-0.1, -0.05) is 20.8 Å². The highest BCUT2D eigenvalue weighted by atomic mass is 16.5. The lowest BCUT2D eigenvalue weighted by atomic mass is 9.85. The summed E-state index contributed by atoms with van der Waals surface area (Å²) in [7, 11) is 1.79. The second-order valence-corrected chi connectivity index (χ2v) is 6.18. The van der Waals surface area contributed by atoms with E-state index in [0.29, 0.717) is 23.6 Å². The SMILES string of the molecule is COC(C)CN1CC(C(C)(C)C)NCC1C. The molecule has 0 aliphatic carbocycles. The van der Waals surface area contributed by atoms with Gasteiger partial charge in [-0.2, -0.15) is 0 Å². The van der Waals surface area contributed by atoms with Crippen molar-refractivity contribution in [2.24, 2.45) is 5.41 Å². The molecule has 1 saturated heterocycles. The van der Waals surface area contributed by atoms with Crippen LogP contribution in [0.15, 0.2) is 0 Å². The van der Waals surface area contributed by atoms with Gasteiger partial charge in [-0.15, -0.1) is 0 Å². The van der Waals surface area contributed by atoms with Crippen molar-refractivity contribution in [1.29, 1.82) is 0 Å². The minimum absolute atomic E-state index is 0.321. The van der Waals surface area contributed by atoms with E-state index in [-0.39, 0.29) is 0 Å². The van der Waals surface area contributed by atoms with Crippen molar-refractivity contribution in [3.8, 4) is 0 Å². The maximum absolute atomic E-state index is 5.36. The summed E-state index contributed by atoms with van der Waals surface area (Å²) in [6.07, 6.45) is 0.321. The molecule has 1 rings (SSSR count). The second kappa shape index (κ2) is 5.48. The maximum atomic E-state index is 5.36. The van der Waals surface area contributed by atoms with Crippen LogP contribution in [0.5, 0.6) is 0 Å². The van der Waals surface area contributed by atoms with Gasteiger partial charge in [0, 0.05) is 38.8 Å². The highest BCUT2D eigenvalue weighted by molar-refractivity contribution is 4.90. The third kappa shape index (κ3) is 3.72. The Balaban J connectivity index is 2.55. The lowest BCUT2D eigenvalue weighted by Crippen LogP contribution is -2.60. The molecule has 0 aromatic carbocycles. The van der Waals surface area contributed by atoms with Gasteiger partial charge in [0.15, 0.2) is 0 Å². The second-order valence-electron chi connectivity index (χ2n) is 6.18. The molecule has 3 atom stereocenters. The largest absolute Gasteiger partial charge is 0.380 e. The Kier molecular flexibility index (Phi) is 4.77. The van der Waals surface area contributed by atoms with Crippen LogP contribution in [0.25, 0.3) is 0 Å². The zero-order valence-electron chi connectivity index (χ0n) is 11.7. The van der Waals surface area contributed by atoms with Gasteiger partial charge in [0.05, 0.1) is 6.10 Å². The number of ether oxygens (including phenoxy) is 1. The van der Waals surface area contributed by atoms with Gasteiger partial charge < -0.3 is 10.1 Å². The highest BCUT2D eigenvalue weighted by Crippen LogP contribution is 2.23. The molecule has 1 N–H and O–H groups in total. The van der Waals surface area contributed by atoms with Crippen LogP contribution in [0.4, 0.5) is 0 Å². The summed E-state index contributed by atoms with van der Waals surface area (Å²) in [5, 5.41) is 3.65. The predicted octanol–water partition coefficient (Wildman–Crippen LogP) is 1.73. The van der Waals surface area contributed by atoms with E-state index in [1.807, 2.05) is 0 Å². The molecule has 1 aliphatic rings. The number of methoxy groups -OCH3 is 1. The third-order valence-electron chi connectivity index (χ3n) is 3.64. The van der Waals surface area contributed by atoms with Crippen molar-refractivity contribution in [2.45, 2.75) is 52.8 Å². The molecule has 0 amide bonds. The molecule has 3 unspecified atom stereocenters. The predicted molar refractivity (Wildman–Crippen MR) is 68.8 cm³/mol.